The highest BCUT2D eigenvalue weighted by atomic mass is 127. The van der Waals surface area contributed by atoms with Crippen molar-refractivity contribution in [3.8, 4) is 0 Å². The van der Waals surface area contributed by atoms with E-state index in [1.54, 1.807) is 18.5 Å². The van der Waals surface area contributed by atoms with Crippen molar-refractivity contribution in [1.29, 1.82) is 0 Å². The summed E-state index contributed by atoms with van der Waals surface area (Å²) in [6.45, 7) is 0. The zero-order valence-electron chi connectivity index (χ0n) is 6.44. The molecule has 0 fully saturated rings. The maximum Gasteiger partial charge on any atom is 0.417 e. The molecule has 2 aromatic heterocycles. The molecule has 0 unspecified atom stereocenters. The summed E-state index contributed by atoms with van der Waals surface area (Å²) in [6, 6.07) is 3.64. The van der Waals surface area contributed by atoms with E-state index in [0.29, 0.717) is 5.65 Å². The van der Waals surface area contributed by atoms with Gasteiger partial charge in [-0.25, -0.2) is 14.3 Å². The van der Waals surface area contributed by atoms with E-state index in [9.17, 15) is 4.79 Å². The molecule has 0 saturated carbocycles. The van der Waals surface area contributed by atoms with Crippen LogP contribution in [0.4, 0.5) is 4.79 Å². The van der Waals surface area contributed by atoms with Gasteiger partial charge < -0.3 is 5.11 Å². The maximum atomic E-state index is 10.7. The van der Waals surface area contributed by atoms with Gasteiger partial charge in [-0.05, 0) is 34.7 Å². The molecule has 2 rings (SSSR count). The lowest BCUT2D eigenvalue weighted by Crippen LogP contribution is -2.06. The largest absolute Gasteiger partial charge is 0.464 e. The SMILES string of the molecule is O=C(O)n1cc(I)c2cccnc21. The summed E-state index contributed by atoms with van der Waals surface area (Å²) in [5, 5.41) is 9.68. The van der Waals surface area contributed by atoms with Gasteiger partial charge in [-0.2, -0.15) is 0 Å². The van der Waals surface area contributed by atoms with Gasteiger partial charge in [-0.3, -0.25) is 0 Å². The van der Waals surface area contributed by atoms with Gasteiger partial charge in [0.15, 0.2) is 0 Å². The second kappa shape index (κ2) is 2.99. The molecule has 0 aliphatic heterocycles. The van der Waals surface area contributed by atoms with Crippen molar-refractivity contribution in [1.82, 2.24) is 9.55 Å². The summed E-state index contributed by atoms with van der Waals surface area (Å²) in [6.07, 6.45) is 2.13. The van der Waals surface area contributed by atoms with Crippen molar-refractivity contribution >= 4 is 39.7 Å². The van der Waals surface area contributed by atoms with E-state index in [2.05, 4.69) is 27.6 Å². The van der Waals surface area contributed by atoms with Crippen LogP contribution in [0.5, 0.6) is 0 Å². The van der Waals surface area contributed by atoms with Crippen LogP contribution in [0.25, 0.3) is 11.0 Å². The number of fused-ring (bicyclic) bond motifs is 1. The molecule has 0 radical (unpaired) electrons. The van der Waals surface area contributed by atoms with E-state index in [1.807, 2.05) is 6.07 Å². The third-order valence-electron chi connectivity index (χ3n) is 1.72. The van der Waals surface area contributed by atoms with Crippen LogP contribution in [0.3, 0.4) is 0 Å². The first-order valence-corrected chi connectivity index (χ1v) is 4.63. The molecule has 2 aromatic rings. The average Bonchev–Trinajstić information content (AvgIpc) is 2.45. The first kappa shape index (κ1) is 8.49. The number of halogens is 1. The Bertz CT molecular complexity index is 478. The molecule has 0 aliphatic rings. The van der Waals surface area contributed by atoms with E-state index in [1.165, 1.54) is 0 Å². The molecule has 0 aliphatic carbocycles. The Morgan fingerprint density at radius 1 is 1.62 bits per heavy atom. The summed E-state index contributed by atoms with van der Waals surface area (Å²) >= 11 is 2.09. The first-order valence-electron chi connectivity index (χ1n) is 3.55. The Hall–Kier alpha value is -1.11. The Labute approximate surface area is 87.3 Å². The van der Waals surface area contributed by atoms with Crippen LogP contribution < -0.4 is 0 Å². The maximum absolute atomic E-state index is 10.7. The second-order valence-electron chi connectivity index (χ2n) is 2.50. The molecular weight excluding hydrogens is 283 g/mol. The number of carboxylic acid groups (broad SMARTS) is 1. The minimum Gasteiger partial charge on any atom is -0.464 e. The van der Waals surface area contributed by atoms with Crippen LogP contribution in [-0.4, -0.2) is 20.8 Å². The number of hydrogen-bond acceptors (Lipinski definition) is 2. The van der Waals surface area contributed by atoms with Gasteiger partial charge in [0.1, 0.15) is 5.65 Å². The van der Waals surface area contributed by atoms with Gasteiger partial charge in [0.2, 0.25) is 0 Å². The van der Waals surface area contributed by atoms with Gasteiger partial charge in [0, 0.05) is 21.4 Å². The summed E-state index contributed by atoms with van der Waals surface area (Å²) < 4.78 is 2.01. The Balaban J connectivity index is 2.85. The van der Waals surface area contributed by atoms with Crippen molar-refractivity contribution in [2.75, 3.05) is 0 Å². The lowest BCUT2D eigenvalue weighted by Gasteiger charge is -1.94. The first-order chi connectivity index (χ1) is 6.20. The van der Waals surface area contributed by atoms with Crippen LogP contribution in [0, 0.1) is 3.57 Å². The Kier molecular flexibility index (Phi) is 1.95. The highest BCUT2D eigenvalue weighted by Crippen LogP contribution is 2.20. The van der Waals surface area contributed by atoms with Crippen LogP contribution in [-0.2, 0) is 0 Å². The number of hydrogen-bond donors (Lipinski definition) is 1. The monoisotopic (exact) mass is 288 g/mol. The molecule has 0 atom stereocenters. The molecule has 2 heterocycles. The van der Waals surface area contributed by atoms with Crippen LogP contribution in [0.2, 0.25) is 0 Å². The molecule has 5 heteroatoms. The smallest absolute Gasteiger partial charge is 0.417 e. The second-order valence-corrected chi connectivity index (χ2v) is 3.67. The minimum atomic E-state index is -1.01. The molecule has 0 saturated heterocycles. The number of pyridine rings is 1. The zero-order chi connectivity index (χ0) is 9.42. The Morgan fingerprint density at radius 2 is 2.38 bits per heavy atom. The predicted molar refractivity (Wildman–Crippen MR) is 55.9 cm³/mol. The zero-order valence-corrected chi connectivity index (χ0v) is 8.59. The number of nitrogens with zero attached hydrogens (tertiary/aromatic N) is 2. The molecule has 13 heavy (non-hydrogen) atoms. The van der Waals surface area contributed by atoms with Crippen LogP contribution in [0.15, 0.2) is 24.5 Å². The standard InChI is InChI=1S/C8H5IN2O2/c9-6-4-11(8(12)13)7-5(6)2-1-3-10-7/h1-4H,(H,12,13). The van der Waals surface area contributed by atoms with E-state index in [4.69, 9.17) is 5.11 Å². The van der Waals surface area contributed by atoms with E-state index in [-0.39, 0.29) is 0 Å². The molecule has 66 valence electrons. The van der Waals surface area contributed by atoms with Crippen LogP contribution in [0.1, 0.15) is 0 Å². The number of aromatic nitrogens is 2. The number of rotatable bonds is 0. The van der Waals surface area contributed by atoms with Crippen molar-refractivity contribution in [2.45, 2.75) is 0 Å². The van der Waals surface area contributed by atoms with Crippen molar-refractivity contribution in [3.63, 3.8) is 0 Å². The number of carbonyl (C=O) groups is 1. The molecule has 0 bridgehead atoms. The highest BCUT2D eigenvalue weighted by Gasteiger charge is 2.10. The predicted octanol–water partition coefficient (Wildman–Crippen LogP) is 2.17. The normalized spacial score (nSPS) is 10.5. The quantitative estimate of drug-likeness (QED) is 0.756. The average molecular weight is 288 g/mol. The summed E-state index contributed by atoms with van der Waals surface area (Å²) in [7, 11) is 0. The van der Waals surface area contributed by atoms with Crippen molar-refractivity contribution in [2.24, 2.45) is 0 Å². The molecule has 0 spiro atoms. The molecule has 0 amide bonds. The Morgan fingerprint density at radius 3 is 3.08 bits per heavy atom. The van der Waals surface area contributed by atoms with Crippen molar-refractivity contribution in [3.05, 3.63) is 28.1 Å². The third kappa shape index (κ3) is 1.28. The van der Waals surface area contributed by atoms with Crippen molar-refractivity contribution < 1.29 is 9.90 Å². The lowest BCUT2D eigenvalue weighted by atomic mass is 10.3. The lowest BCUT2D eigenvalue weighted by molar-refractivity contribution is 0.197. The fourth-order valence-corrected chi connectivity index (χ4v) is 1.86. The highest BCUT2D eigenvalue weighted by molar-refractivity contribution is 14.1. The minimum absolute atomic E-state index is 0.486. The van der Waals surface area contributed by atoms with E-state index < -0.39 is 6.09 Å². The molecule has 0 aromatic carbocycles. The van der Waals surface area contributed by atoms with E-state index in [0.717, 1.165) is 13.5 Å². The summed E-state index contributed by atoms with van der Waals surface area (Å²) in [4.78, 5) is 14.7. The molecule has 1 N–H and O–H groups in total. The van der Waals surface area contributed by atoms with Gasteiger partial charge in [-0.15, -0.1) is 0 Å². The molecule has 4 nitrogen and oxygen atoms in total. The topological polar surface area (TPSA) is 55.1 Å². The fraction of sp³-hybridized carbons (Fsp3) is 0. The fourth-order valence-electron chi connectivity index (χ4n) is 1.17. The molecular formula is C8H5IN2O2. The van der Waals surface area contributed by atoms with Gasteiger partial charge >= 0.3 is 6.09 Å². The summed E-state index contributed by atoms with van der Waals surface area (Å²) in [5.41, 5.74) is 0.486. The van der Waals surface area contributed by atoms with Gasteiger partial charge in [0.05, 0.1) is 0 Å². The van der Waals surface area contributed by atoms with Crippen LogP contribution >= 0.6 is 22.6 Å². The van der Waals surface area contributed by atoms with Gasteiger partial charge in [0.25, 0.3) is 0 Å². The van der Waals surface area contributed by atoms with Gasteiger partial charge in [-0.1, -0.05) is 0 Å². The summed E-state index contributed by atoms with van der Waals surface area (Å²) in [5.74, 6) is 0. The third-order valence-corrected chi connectivity index (χ3v) is 2.58. The van der Waals surface area contributed by atoms with E-state index >= 15 is 0 Å².